The standard InChI is InChI=1S/C29H47N9O15S2/c1-14(12-55-54-8-7-53-13-39)34-25(48)18(10-22(43)44)38-27(50)19(11-23(45)46)37-24(47)16(3-2-6-33-29(31)32)36-26(49)17(9-21(41)42)35-20(40)5-4-15(30)28(51)52/h13-19H,2-12,30H2,1H3,(H,34,48)(H,35,40)(H,36,49)(H,37,47)(H,38,50)(H,41,42)(H,43,44)(H,45,46)(H,51,52)(H4,31,32,33)/t14-,15+,16+,17+,18+,19+/m1/s1. The Morgan fingerprint density at radius 2 is 1.18 bits per heavy atom. The molecule has 5 amide bonds. The number of aliphatic imine (C=N–C) groups is 1. The second-order valence-corrected chi connectivity index (χ2v) is 14.1. The van der Waals surface area contributed by atoms with Gasteiger partial charge in [-0.05, 0) is 26.2 Å². The fourth-order valence-electron chi connectivity index (χ4n) is 4.14. The Kier molecular flexibility index (Phi) is 24.6. The fraction of sp³-hybridized carbons (Fsp3) is 0.621. The molecule has 0 aliphatic rings. The van der Waals surface area contributed by atoms with Crippen LogP contribution in [0, 0.1) is 0 Å². The average Bonchev–Trinajstić information content (AvgIpc) is 3.08. The molecule has 0 fully saturated rings. The largest absolute Gasteiger partial charge is 0.481 e. The number of hydrogen-bond acceptors (Lipinski definition) is 15. The minimum atomic E-state index is -1.95. The van der Waals surface area contributed by atoms with Crippen LogP contribution in [0.4, 0.5) is 0 Å². The summed E-state index contributed by atoms with van der Waals surface area (Å²) in [7, 11) is 2.63. The van der Waals surface area contributed by atoms with E-state index < -0.39 is 115 Å². The lowest BCUT2D eigenvalue weighted by atomic mass is 10.1. The number of carboxylic acids is 4. The first-order valence-electron chi connectivity index (χ1n) is 16.3. The average molecular weight is 826 g/mol. The Morgan fingerprint density at radius 3 is 1.65 bits per heavy atom. The first-order chi connectivity index (χ1) is 25.8. The van der Waals surface area contributed by atoms with Gasteiger partial charge in [0.2, 0.25) is 29.5 Å². The molecule has 6 atom stereocenters. The highest BCUT2D eigenvalue weighted by Gasteiger charge is 2.34. The smallest absolute Gasteiger partial charge is 0.320 e. The molecule has 0 unspecified atom stereocenters. The van der Waals surface area contributed by atoms with Crippen LogP contribution in [0.2, 0.25) is 0 Å². The van der Waals surface area contributed by atoms with Crippen molar-refractivity contribution in [2.45, 2.75) is 88.1 Å². The van der Waals surface area contributed by atoms with Gasteiger partial charge in [0.05, 0.1) is 19.3 Å². The van der Waals surface area contributed by atoms with E-state index in [1.165, 1.54) is 21.6 Å². The summed E-state index contributed by atoms with van der Waals surface area (Å²) in [5.74, 6) is -11.2. The van der Waals surface area contributed by atoms with E-state index in [1.54, 1.807) is 6.92 Å². The van der Waals surface area contributed by atoms with Crippen LogP contribution in [0.1, 0.15) is 51.9 Å². The summed E-state index contributed by atoms with van der Waals surface area (Å²) in [4.78, 5) is 125. The molecule has 0 aromatic carbocycles. The lowest BCUT2D eigenvalue weighted by Crippen LogP contribution is -2.59. The van der Waals surface area contributed by atoms with Crippen LogP contribution >= 0.6 is 21.6 Å². The first kappa shape index (κ1) is 49.6. The van der Waals surface area contributed by atoms with Gasteiger partial charge in [-0.15, -0.1) is 0 Å². The summed E-state index contributed by atoms with van der Waals surface area (Å²) in [5, 5.41) is 48.2. The molecule has 0 aromatic rings. The van der Waals surface area contributed by atoms with Gasteiger partial charge >= 0.3 is 23.9 Å². The minimum Gasteiger partial charge on any atom is -0.481 e. The SMILES string of the molecule is C[C@H](CSSCCOC=O)NC(=O)[C@H](CC(=O)O)NC(=O)[C@H](CC(=O)O)NC(=O)[C@H](CCCN=C(N)N)NC(=O)[C@H](CC(=O)O)NC(=O)CC[C@H](N)C(=O)O. The highest BCUT2D eigenvalue weighted by atomic mass is 33.1. The second-order valence-electron chi connectivity index (χ2n) is 11.5. The maximum absolute atomic E-state index is 13.5. The molecule has 0 spiro atoms. The summed E-state index contributed by atoms with van der Waals surface area (Å²) in [6.45, 7) is 1.95. The van der Waals surface area contributed by atoms with Crippen LogP contribution in [0.25, 0.3) is 0 Å². The summed E-state index contributed by atoms with van der Waals surface area (Å²) < 4.78 is 4.57. The van der Waals surface area contributed by atoms with E-state index in [4.69, 9.17) is 22.3 Å². The number of rotatable bonds is 30. The van der Waals surface area contributed by atoms with E-state index in [1.807, 2.05) is 0 Å². The molecule has 0 aromatic heterocycles. The normalized spacial score (nSPS) is 13.9. The Bertz CT molecular complexity index is 1400. The van der Waals surface area contributed by atoms with Gasteiger partial charge in [0.15, 0.2) is 5.96 Å². The molecule has 310 valence electrons. The van der Waals surface area contributed by atoms with Crippen molar-refractivity contribution >= 4 is 87.4 Å². The third-order valence-electron chi connectivity index (χ3n) is 6.77. The zero-order valence-electron chi connectivity index (χ0n) is 29.6. The highest BCUT2D eigenvalue weighted by Crippen LogP contribution is 2.21. The zero-order valence-corrected chi connectivity index (χ0v) is 31.2. The van der Waals surface area contributed by atoms with E-state index in [-0.39, 0.29) is 38.4 Å². The number of carbonyl (C=O) groups excluding carboxylic acids is 6. The molecule has 26 heteroatoms. The molecule has 0 saturated carbocycles. The van der Waals surface area contributed by atoms with Crippen molar-refractivity contribution in [1.29, 1.82) is 0 Å². The summed E-state index contributed by atoms with van der Waals surface area (Å²) in [5.41, 5.74) is 16.0. The zero-order chi connectivity index (χ0) is 42.1. The van der Waals surface area contributed by atoms with Crippen molar-refractivity contribution in [3.63, 3.8) is 0 Å². The number of aliphatic carboxylic acids is 4. The van der Waals surface area contributed by atoms with Crippen LogP contribution in [-0.2, 0) is 52.7 Å². The number of ether oxygens (including phenoxy) is 1. The van der Waals surface area contributed by atoms with E-state index in [9.17, 15) is 63.3 Å². The lowest BCUT2D eigenvalue weighted by Gasteiger charge is -2.26. The lowest BCUT2D eigenvalue weighted by molar-refractivity contribution is -0.143. The quantitative estimate of drug-likeness (QED) is 0.0107. The molecular formula is C29H47N9O15S2. The third-order valence-corrected chi connectivity index (χ3v) is 9.32. The number of nitrogens with two attached hydrogens (primary N) is 3. The van der Waals surface area contributed by atoms with E-state index in [2.05, 4.69) is 36.3 Å². The fourth-order valence-corrected chi connectivity index (χ4v) is 6.27. The van der Waals surface area contributed by atoms with Gasteiger partial charge in [-0.2, -0.15) is 0 Å². The number of nitrogens with zero attached hydrogens (tertiary/aromatic N) is 1. The molecular weight excluding hydrogens is 779 g/mol. The van der Waals surface area contributed by atoms with E-state index in [0.29, 0.717) is 18.0 Å². The first-order valence-corrected chi connectivity index (χ1v) is 18.8. The van der Waals surface area contributed by atoms with Crippen LogP contribution in [0.3, 0.4) is 0 Å². The highest BCUT2D eigenvalue weighted by molar-refractivity contribution is 8.76. The molecule has 0 rings (SSSR count). The number of carbonyl (C=O) groups is 10. The topological polar surface area (TPSA) is 411 Å². The van der Waals surface area contributed by atoms with Gasteiger partial charge < -0.3 is 68.9 Å². The Labute approximate surface area is 321 Å². The van der Waals surface area contributed by atoms with E-state index in [0.717, 1.165) is 0 Å². The van der Waals surface area contributed by atoms with Crippen LogP contribution in [0.15, 0.2) is 4.99 Å². The summed E-state index contributed by atoms with van der Waals surface area (Å²) in [6, 6.07) is -9.11. The van der Waals surface area contributed by atoms with Gasteiger partial charge in [-0.3, -0.25) is 52.9 Å². The van der Waals surface area contributed by atoms with Crippen molar-refractivity contribution in [3.05, 3.63) is 0 Å². The molecule has 0 radical (unpaired) electrons. The van der Waals surface area contributed by atoms with Gasteiger partial charge in [-0.25, -0.2) is 0 Å². The van der Waals surface area contributed by atoms with Crippen molar-refractivity contribution in [3.8, 4) is 0 Å². The van der Waals surface area contributed by atoms with Crippen LogP contribution < -0.4 is 43.8 Å². The monoisotopic (exact) mass is 825 g/mol. The van der Waals surface area contributed by atoms with Gasteiger partial charge in [-0.1, -0.05) is 21.6 Å². The van der Waals surface area contributed by atoms with Crippen molar-refractivity contribution in [2.24, 2.45) is 22.2 Å². The molecule has 0 bridgehead atoms. The predicted octanol–water partition coefficient (Wildman–Crippen LogP) is -4.35. The predicted molar refractivity (Wildman–Crippen MR) is 194 cm³/mol. The van der Waals surface area contributed by atoms with Crippen molar-refractivity contribution in [2.75, 3.05) is 24.7 Å². The van der Waals surface area contributed by atoms with Gasteiger partial charge in [0.1, 0.15) is 36.8 Å². The third kappa shape index (κ3) is 23.8. The molecule has 55 heavy (non-hydrogen) atoms. The maximum Gasteiger partial charge on any atom is 0.320 e. The molecule has 0 saturated heterocycles. The molecule has 0 heterocycles. The maximum atomic E-state index is 13.5. The number of amides is 5. The summed E-state index contributed by atoms with van der Waals surface area (Å²) >= 11 is 0. The number of hydrogen-bond donors (Lipinski definition) is 12. The Hall–Kier alpha value is -5.37. The Morgan fingerprint density at radius 1 is 0.709 bits per heavy atom. The van der Waals surface area contributed by atoms with Gasteiger partial charge in [0, 0.05) is 30.5 Å². The Balaban J connectivity index is 6.07. The van der Waals surface area contributed by atoms with Crippen LogP contribution in [-0.4, -0.2) is 147 Å². The summed E-state index contributed by atoms with van der Waals surface area (Å²) in [6.07, 6.45) is -4.20. The second kappa shape index (κ2) is 27.2. The molecule has 0 aliphatic heterocycles. The van der Waals surface area contributed by atoms with Gasteiger partial charge in [0.25, 0.3) is 6.47 Å². The number of guanidine groups is 1. The minimum absolute atomic E-state index is 0.0164. The van der Waals surface area contributed by atoms with Crippen molar-refractivity contribution in [1.82, 2.24) is 26.6 Å². The number of nitrogens with one attached hydrogen (secondary N) is 5. The van der Waals surface area contributed by atoms with Crippen molar-refractivity contribution < 1.29 is 73.1 Å². The van der Waals surface area contributed by atoms with E-state index >= 15 is 0 Å². The van der Waals surface area contributed by atoms with Crippen LogP contribution in [0.5, 0.6) is 0 Å². The molecule has 0 aliphatic carbocycles. The molecule has 15 N–H and O–H groups in total. The number of carboxylic acid groups (broad SMARTS) is 4. The molecule has 24 nitrogen and oxygen atoms in total.